The number of thiazole rings is 1. The lowest BCUT2D eigenvalue weighted by atomic mass is 10.1. The monoisotopic (exact) mass is 362 g/mol. The Kier molecular flexibility index (Phi) is 4.59. The maximum absolute atomic E-state index is 12.2. The first kappa shape index (κ1) is 16.5. The molecule has 8 heteroatoms. The largest absolute Gasteiger partial charge is 0.493 e. The van der Waals surface area contributed by atoms with Gasteiger partial charge in [0.15, 0.2) is 3.95 Å². The van der Waals surface area contributed by atoms with Gasteiger partial charge in [-0.25, -0.2) is 4.99 Å². The number of esters is 1. The minimum absolute atomic E-state index is 0.0934. The van der Waals surface area contributed by atoms with Crippen molar-refractivity contribution >= 4 is 41.0 Å². The van der Waals surface area contributed by atoms with E-state index in [1.165, 1.54) is 4.57 Å². The highest BCUT2D eigenvalue weighted by Crippen LogP contribution is 2.32. The van der Waals surface area contributed by atoms with Crippen molar-refractivity contribution in [1.82, 2.24) is 4.57 Å². The number of fused-ring (bicyclic) bond motifs is 1. The second kappa shape index (κ2) is 6.66. The van der Waals surface area contributed by atoms with Crippen LogP contribution in [-0.2, 0) is 20.9 Å². The van der Waals surface area contributed by atoms with Gasteiger partial charge >= 0.3 is 5.97 Å². The van der Waals surface area contributed by atoms with Crippen molar-refractivity contribution in [2.45, 2.75) is 19.9 Å². The summed E-state index contributed by atoms with van der Waals surface area (Å²) in [7, 11) is 0. The molecule has 1 aliphatic heterocycles. The number of hydrogen-bond donors (Lipinski definition) is 1. The topological polar surface area (TPSA) is 80.9 Å². The third kappa shape index (κ3) is 2.90. The van der Waals surface area contributed by atoms with E-state index >= 15 is 0 Å². The molecule has 124 valence electrons. The van der Waals surface area contributed by atoms with Gasteiger partial charge in [-0.3, -0.25) is 14.2 Å². The van der Waals surface area contributed by atoms with Crippen LogP contribution in [0.15, 0.2) is 29.3 Å². The smallest absolute Gasteiger partial charge is 0.307 e. The normalized spacial score (nSPS) is 12.9. The number of benzene rings is 1. The summed E-state index contributed by atoms with van der Waals surface area (Å²) in [5.74, 6) is -0.888. The Morgan fingerprint density at radius 2 is 2.17 bits per heavy atom. The summed E-state index contributed by atoms with van der Waals surface area (Å²) in [6.45, 7) is 2.23. The molecule has 3 rings (SSSR count). The molecule has 0 spiro atoms. The molecule has 1 amide bonds. The minimum atomic E-state index is -0.403. The van der Waals surface area contributed by atoms with Crippen molar-refractivity contribution in [3.63, 3.8) is 0 Å². The number of nitrogens with zero attached hydrogens (tertiary/aromatic N) is 2. The van der Waals surface area contributed by atoms with Crippen LogP contribution in [0.2, 0.25) is 0 Å². The molecule has 24 heavy (non-hydrogen) atoms. The zero-order chi connectivity index (χ0) is 17.3. The van der Waals surface area contributed by atoms with Crippen molar-refractivity contribution < 1.29 is 19.4 Å². The van der Waals surface area contributed by atoms with Gasteiger partial charge in [-0.05, 0) is 25.2 Å². The summed E-state index contributed by atoms with van der Waals surface area (Å²) < 4.78 is 6.70. The molecule has 0 atom stereocenters. The maximum atomic E-state index is 12.2. The van der Waals surface area contributed by atoms with Gasteiger partial charge in [0.1, 0.15) is 4.88 Å². The Labute approximate surface area is 146 Å². The SMILES string of the molecule is CCOC(=O)CCn1c(O)c(C2=c3ccccc3=NC2=O)sc1=S. The van der Waals surface area contributed by atoms with Gasteiger partial charge in [0.05, 0.1) is 24.0 Å². The minimum Gasteiger partial charge on any atom is -0.493 e. The molecule has 0 aliphatic carbocycles. The van der Waals surface area contributed by atoms with Crippen molar-refractivity contribution in [2.24, 2.45) is 4.99 Å². The molecule has 2 aromatic rings. The van der Waals surface area contributed by atoms with Crippen molar-refractivity contribution in [3.8, 4) is 5.88 Å². The molecule has 1 aromatic carbocycles. The van der Waals surface area contributed by atoms with Gasteiger partial charge in [-0.15, -0.1) is 11.3 Å². The van der Waals surface area contributed by atoms with E-state index in [-0.39, 0.29) is 24.8 Å². The number of carbonyl (C=O) groups excluding carboxylic acids is 2. The molecule has 0 fully saturated rings. The summed E-state index contributed by atoms with van der Waals surface area (Å²) in [5.41, 5.74) is 0.342. The molecule has 6 nitrogen and oxygen atoms in total. The fourth-order valence-corrected chi connectivity index (χ4v) is 3.87. The molecular formula is C16H14N2O4S2. The summed E-state index contributed by atoms with van der Waals surface area (Å²) in [4.78, 5) is 28.1. The van der Waals surface area contributed by atoms with Gasteiger partial charge in [-0.1, -0.05) is 18.2 Å². The predicted octanol–water partition coefficient (Wildman–Crippen LogP) is 1.30. The lowest BCUT2D eigenvalue weighted by Crippen LogP contribution is -2.22. The fourth-order valence-electron chi connectivity index (χ4n) is 2.48. The standard InChI is InChI=1S/C16H14N2O4S2/c1-2-22-11(19)7-8-18-15(21)13(24-16(18)23)12-9-5-3-4-6-10(9)17-14(12)20/h3-6,21H,2,7-8H2,1H3. The zero-order valence-electron chi connectivity index (χ0n) is 12.8. The molecule has 1 aromatic heterocycles. The fraction of sp³-hybridized carbons (Fsp3) is 0.250. The van der Waals surface area contributed by atoms with Gasteiger partial charge in [0.2, 0.25) is 5.88 Å². The maximum Gasteiger partial charge on any atom is 0.307 e. The van der Waals surface area contributed by atoms with E-state index in [2.05, 4.69) is 4.99 Å². The van der Waals surface area contributed by atoms with Gasteiger partial charge in [0.25, 0.3) is 5.91 Å². The summed E-state index contributed by atoms with van der Waals surface area (Å²) >= 11 is 6.39. The number of hydrogen-bond acceptors (Lipinski definition) is 6. The number of aromatic nitrogens is 1. The first-order chi connectivity index (χ1) is 11.5. The molecule has 2 heterocycles. The summed E-state index contributed by atoms with van der Waals surface area (Å²) in [5, 5.41) is 11.7. The number of rotatable bonds is 5. The second-order valence-corrected chi connectivity index (χ2v) is 6.68. The van der Waals surface area contributed by atoms with E-state index in [0.29, 0.717) is 31.6 Å². The Bertz CT molecular complexity index is 1000. The first-order valence-corrected chi connectivity index (χ1v) is 8.56. The van der Waals surface area contributed by atoms with Crippen LogP contribution in [0.4, 0.5) is 0 Å². The Balaban J connectivity index is 2.02. The van der Waals surface area contributed by atoms with Gasteiger partial charge < -0.3 is 9.84 Å². The lowest BCUT2D eigenvalue weighted by molar-refractivity contribution is -0.143. The van der Waals surface area contributed by atoms with Gasteiger partial charge in [-0.2, -0.15) is 0 Å². The van der Waals surface area contributed by atoms with Crippen LogP contribution in [-0.4, -0.2) is 28.2 Å². The highest BCUT2D eigenvalue weighted by molar-refractivity contribution is 7.73. The zero-order valence-corrected chi connectivity index (χ0v) is 14.4. The molecule has 0 bridgehead atoms. The Morgan fingerprint density at radius 1 is 1.42 bits per heavy atom. The third-order valence-electron chi connectivity index (χ3n) is 3.55. The average Bonchev–Trinajstić information content (AvgIpc) is 3.01. The number of ether oxygens (including phenoxy) is 1. The second-order valence-electron chi connectivity index (χ2n) is 5.04. The number of carbonyl (C=O) groups is 2. The Morgan fingerprint density at radius 3 is 2.92 bits per heavy atom. The molecule has 0 saturated carbocycles. The van der Waals surface area contributed by atoms with E-state index in [1.807, 2.05) is 0 Å². The molecular weight excluding hydrogens is 348 g/mol. The highest BCUT2D eigenvalue weighted by atomic mass is 32.1. The molecule has 1 aliphatic rings. The number of para-hydroxylation sites is 1. The van der Waals surface area contributed by atoms with Crippen LogP contribution in [0.25, 0.3) is 5.57 Å². The molecule has 0 radical (unpaired) electrons. The van der Waals surface area contributed by atoms with Crippen LogP contribution in [0, 0.1) is 3.95 Å². The molecule has 1 N–H and O–H groups in total. The lowest BCUT2D eigenvalue weighted by Gasteiger charge is -2.05. The number of amides is 1. The van der Waals surface area contributed by atoms with Crippen LogP contribution >= 0.6 is 23.6 Å². The summed E-state index contributed by atoms with van der Waals surface area (Å²) in [6, 6.07) is 7.13. The van der Waals surface area contributed by atoms with Crippen LogP contribution in [0.1, 0.15) is 18.2 Å². The van der Waals surface area contributed by atoms with Crippen LogP contribution in [0.3, 0.4) is 0 Å². The molecule has 0 unspecified atom stereocenters. The summed E-state index contributed by atoms with van der Waals surface area (Å²) in [6.07, 6.45) is 0.0934. The highest BCUT2D eigenvalue weighted by Gasteiger charge is 2.25. The third-order valence-corrected chi connectivity index (χ3v) is 5.01. The Hall–Kier alpha value is -2.32. The quantitative estimate of drug-likeness (QED) is 0.640. The van der Waals surface area contributed by atoms with E-state index in [1.54, 1.807) is 31.2 Å². The van der Waals surface area contributed by atoms with Crippen molar-refractivity contribution in [3.05, 3.63) is 43.7 Å². The number of aromatic hydroxyl groups is 1. The van der Waals surface area contributed by atoms with Crippen LogP contribution in [0.5, 0.6) is 5.88 Å². The average molecular weight is 362 g/mol. The van der Waals surface area contributed by atoms with E-state index in [9.17, 15) is 14.7 Å². The van der Waals surface area contributed by atoms with Gasteiger partial charge in [0, 0.05) is 11.8 Å². The predicted molar refractivity (Wildman–Crippen MR) is 90.8 cm³/mol. The van der Waals surface area contributed by atoms with E-state index in [4.69, 9.17) is 17.0 Å². The van der Waals surface area contributed by atoms with E-state index < -0.39 is 5.91 Å². The van der Waals surface area contributed by atoms with Crippen molar-refractivity contribution in [1.29, 1.82) is 0 Å². The van der Waals surface area contributed by atoms with E-state index in [0.717, 1.165) is 11.3 Å². The van der Waals surface area contributed by atoms with Crippen LogP contribution < -0.4 is 10.6 Å². The van der Waals surface area contributed by atoms with Crippen molar-refractivity contribution in [2.75, 3.05) is 6.61 Å². The first-order valence-electron chi connectivity index (χ1n) is 7.34. The molecule has 0 saturated heterocycles.